The summed E-state index contributed by atoms with van der Waals surface area (Å²) in [6, 6.07) is 9.60. The molecule has 0 amide bonds. The van der Waals surface area contributed by atoms with Gasteiger partial charge < -0.3 is 10.6 Å². The molecule has 4 heterocycles. The lowest BCUT2D eigenvalue weighted by Gasteiger charge is -2.25. The van der Waals surface area contributed by atoms with Gasteiger partial charge in [0, 0.05) is 17.8 Å². The molecule has 176 valence electrons. The van der Waals surface area contributed by atoms with Crippen LogP contribution >= 0.6 is 11.6 Å². The minimum Gasteiger partial charge on any atom is -0.319 e. The van der Waals surface area contributed by atoms with Crippen LogP contribution in [0.4, 0.5) is 10.3 Å². The van der Waals surface area contributed by atoms with E-state index in [-0.39, 0.29) is 17.5 Å². The van der Waals surface area contributed by atoms with Crippen LogP contribution in [0.1, 0.15) is 25.0 Å². The van der Waals surface area contributed by atoms with Crippen molar-refractivity contribution in [2.24, 2.45) is 0 Å². The summed E-state index contributed by atoms with van der Waals surface area (Å²) in [6.07, 6.45) is 3.62. The maximum absolute atomic E-state index is 13.6. The van der Waals surface area contributed by atoms with Gasteiger partial charge in [0.05, 0.1) is 12.1 Å². The molecule has 5 rings (SSSR count). The highest BCUT2D eigenvalue weighted by atomic mass is 35.5. The zero-order valence-corrected chi connectivity index (χ0v) is 19.6. The number of aromatic nitrogens is 5. The number of nitrogens with one attached hydrogen (secondary N) is 1. The minimum absolute atomic E-state index is 0.0490. The fraction of sp³-hybridized carbons (Fsp3) is 0.333. The number of nitrogen functional groups attached to an aromatic ring is 1. The van der Waals surface area contributed by atoms with Crippen LogP contribution in [0.15, 0.2) is 41.2 Å². The van der Waals surface area contributed by atoms with Gasteiger partial charge in [-0.15, -0.1) is 9.38 Å². The summed E-state index contributed by atoms with van der Waals surface area (Å²) in [7, 11) is 0. The number of aromatic amines is 1. The van der Waals surface area contributed by atoms with Crippen LogP contribution in [0.3, 0.4) is 0 Å². The van der Waals surface area contributed by atoms with Crippen LogP contribution in [0, 0.1) is 12.7 Å². The minimum atomic E-state index is -0.353. The number of rotatable bonds is 5. The topological polar surface area (TPSA) is 96.9 Å². The number of fused-ring (bicyclic) bond motifs is 1. The predicted molar refractivity (Wildman–Crippen MR) is 129 cm³/mol. The van der Waals surface area contributed by atoms with Crippen LogP contribution < -0.4 is 15.8 Å². The molecule has 1 aliphatic rings. The lowest BCUT2D eigenvalue weighted by atomic mass is 10.00. The molecular formula is C24H26ClFN7O+. The summed E-state index contributed by atoms with van der Waals surface area (Å²) in [6.45, 7) is 5.19. The highest BCUT2D eigenvalue weighted by molar-refractivity contribution is 6.29. The van der Waals surface area contributed by atoms with Crippen LogP contribution in [-0.2, 0) is 6.54 Å². The largest absolute Gasteiger partial charge is 0.428 e. The van der Waals surface area contributed by atoms with Crippen molar-refractivity contribution in [3.63, 3.8) is 0 Å². The third-order valence-corrected chi connectivity index (χ3v) is 6.43. The highest BCUT2D eigenvalue weighted by Gasteiger charge is 2.26. The fourth-order valence-corrected chi connectivity index (χ4v) is 4.84. The van der Waals surface area contributed by atoms with Gasteiger partial charge in [-0.2, -0.15) is 4.68 Å². The Morgan fingerprint density at radius 2 is 1.82 bits per heavy atom. The zero-order chi connectivity index (χ0) is 23.8. The van der Waals surface area contributed by atoms with Crippen LogP contribution in [0.5, 0.6) is 0 Å². The van der Waals surface area contributed by atoms with E-state index in [1.54, 1.807) is 22.9 Å². The van der Waals surface area contributed by atoms with E-state index in [9.17, 15) is 9.18 Å². The Morgan fingerprint density at radius 1 is 1.09 bits per heavy atom. The highest BCUT2D eigenvalue weighted by Crippen LogP contribution is 2.34. The van der Waals surface area contributed by atoms with E-state index in [0.717, 1.165) is 30.9 Å². The molecule has 0 unspecified atom stereocenters. The molecule has 1 saturated heterocycles. The van der Waals surface area contributed by atoms with E-state index in [1.807, 2.05) is 13.0 Å². The van der Waals surface area contributed by atoms with Gasteiger partial charge in [0.15, 0.2) is 0 Å². The summed E-state index contributed by atoms with van der Waals surface area (Å²) in [5, 5.41) is 3.58. The summed E-state index contributed by atoms with van der Waals surface area (Å²) in [5.41, 5.74) is 9.75. The number of nitrogens with two attached hydrogens (primary N) is 1. The van der Waals surface area contributed by atoms with E-state index in [2.05, 4.69) is 20.0 Å². The van der Waals surface area contributed by atoms with Gasteiger partial charge in [-0.1, -0.05) is 18.0 Å². The maximum Gasteiger partial charge on any atom is 0.428 e. The second kappa shape index (κ2) is 9.15. The smallest absolute Gasteiger partial charge is 0.319 e. The normalized spacial score (nSPS) is 14.7. The molecule has 3 N–H and O–H groups in total. The van der Waals surface area contributed by atoms with Gasteiger partial charge in [-0.25, -0.2) is 19.3 Å². The predicted octanol–water partition coefficient (Wildman–Crippen LogP) is 3.21. The van der Waals surface area contributed by atoms with Crippen molar-refractivity contribution in [2.75, 3.05) is 25.4 Å². The molecule has 0 spiro atoms. The molecule has 0 radical (unpaired) electrons. The van der Waals surface area contributed by atoms with E-state index in [0.29, 0.717) is 34.2 Å². The number of hydrogen-bond acceptors (Lipinski definition) is 5. The lowest BCUT2D eigenvalue weighted by Crippen LogP contribution is -2.45. The van der Waals surface area contributed by atoms with E-state index in [1.165, 1.54) is 35.8 Å². The zero-order valence-electron chi connectivity index (χ0n) is 18.9. The first-order valence-electron chi connectivity index (χ1n) is 11.4. The molecule has 0 saturated carbocycles. The molecule has 4 aromatic rings. The van der Waals surface area contributed by atoms with Crippen molar-refractivity contribution in [2.45, 2.75) is 32.7 Å². The standard InChI is InChI=1S/C24H25ClFN7O/c1-15-13-17(14-19(25)28-15)20-21(16-5-7-18(26)8-6-16)29-23(27)33-22(20)30-32(24(33)34)12-11-31-9-3-2-4-10-31/h5-8,13-14H,2-4,9-12H2,1H3,(H2,27,28,29,30)/p+1. The van der Waals surface area contributed by atoms with Crippen molar-refractivity contribution in [1.29, 1.82) is 0 Å². The molecule has 10 heteroatoms. The number of halogens is 2. The second-order valence-electron chi connectivity index (χ2n) is 8.65. The number of benzene rings is 1. The van der Waals surface area contributed by atoms with Crippen molar-refractivity contribution in [3.8, 4) is 22.4 Å². The second-order valence-corrected chi connectivity index (χ2v) is 9.04. The summed E-state index contributed by atoms with van der Waals surface area (Å²) < 4.78 is 16.6. The first-order chi connectivity index (χ1) is 16.4. The third-order valence-electron chi connectivity index (χ3n) is 6.23. The summed E-state index contributed by atoms with van der Waals surface area (Å²) >= 11 is 6.28. The molecule has 8 nitrogen and oxygen atoms in total. The monoisotopic (exact) mass is 482 g/mol. The molecule has 1 fully saturated rings. The van der Waals surface area contributed by atoms with Crippen LogP contribution in [-0.4, -0.2) is 44.3 Å². The number of pyridine rings is 1. The van der Waals surface area contributed by atoms with Crippen LogP contribution in [0.2, 0.25) is 5.15 Å². The van der Waals surface area contributed by atoms with E-state index < -0.39 is 0 Å². The van der Waals surface area contributed by atoms with Gasteiger partial charge in [0.2, 0.25) is 5.65 Å². The Labute approximate surface area is 200 Å². The molecule has 3 aromatic heterocycles. The van der Waals surface area contributed by atoms with Gasteiger partial charge in [0.25, 0.3) is 0 Å². The Hall–Kier alpha value is -3.30. The quantitative estimate of drug-likeness (QED) is 0.336. The summed E-state index contributed by atoms with van der Waals surface area (Å²) in [5.74, 6) is -0.304. The molecule has 1 aliphatic heterocycles. The average molecular weight is 483 g/mol. The molecule has 0 atom stereocenters. The van der Waals surface area contributed by atoms with Gasteiger partial charge in [-0.3, -0.25) is 0 Å². The average Bonchev–Trinajstić information content (AvgIpc) is 3.14. The first kappa shape index (κ1) is 22.5. The van der Waals surface area contributed by atoms with Crippen molar-refractivity contribution in [3.05, 3.63) is 63.5 Å². The fourth-order valence-electron chi connectivity index (χ4n) is 4.59. The van der Waals surface area contributed by atoms with Crippen molar-refractivity contribution < 1.29 is 8.79 Å². The molecule has 34 heavy (non-hydrogen) atoms. The van der Waals surface area contributed by atoms with Crippen molar-refractivity contribution in [1.82, 2.24) is 24.6 Å². The van der Waals surface area contributed by atoms with Crippen molar-refractivity contribution >= 4 is 23.2 Å². The van der Waals surface area contributed by atoms with E-state index in [4.69, 9.17) is 17.3 Å². The Bertz CT molecular complexity index is 1390. The van der Waals surface area contributed by atoms with Crippen LogP contribution in [0.25, 0.3) is 28.0 Å². The Balaban J connectivity index is 1.70. The molecule has 1 aromatic carbocycles. The van der Waals surface area contributed by atoms with Gasteiger partial charge in [-0.05, 0) is 74.8 Å². The first-order valence-corrected chi connectivity index (χ1v) is 11.8. The molecule has 0 bridgehead atoms. The Kier molecular flexibility index (Phi) is 6.05. The number of anilines is 1. The third kappa shape index (κ3) is 4.28. The molecule has 0 aliphatic carbocycles. The van der Waals surface area contributed by atoms with E-state index >= 15 is 0 Å². The summed E-state index contributed by atoms with van der Waals surface area (Å²) in [4.78, 5) is 24.5. The molecular weight excluding hydrogens is 457 g/mol. The number of aryl methyl sites for hydroxylation is 1. The number of piperidine rings is 1. The maximum atomic E-state index is 13.6. The Morgan fingerprint density at radius 3 is 2.53 bits per heavy atom. The number of hydrogen-bond donors (Lipinski definition) is 2. The van der Waals surface area contributed by atoms with Gasteiger partial charge in [0.1, 0.15) is 16.7 Å². The number of H-pyrrole nitrogens is 1. The SMILES string of the molecule is Cc1cc(-c2c(-c3ccc(F)cc3)nc(N)[n+]3c(=O)n(CCN4CCCCC4)[nH]c23)cc(Cl)n1. The van der Waals surface area contributed by atoms with Gasteiger partial charge >= 0.3 is 11.6 Å². The lowest BCUT2D eigenvalue weighted by molar-refractivity contribution is -0.516. The number of likely N-dealkylation sites (tertiary alicyclic amines) is 1. The number of nitrogens with zero attached hydrogens (tertiary/aromatic N) is 5.